The summed E-state index contributed by atoms with van der Waals surface area (Å²) in [6.07, 6.45) is -0.127. The summed E-state index contributed by atoms with van der Waals surface area (Å²) in [6.45, 7) is 6.36. The van der Waals surface area contributed by atoms with Crippen molar-refractivity contribution in [3.8, 4) is 0 Å². The third-order valence-electron chi connectivity index (χ3n) is 2.89. The summed E-state index contributed by atoms with van der Waals surface area (Å²) in [6, 6.07) is 1.28. The molecule has 3 atom stereocenters. The first-order valence-corrected chi connectivity index (χ1v) is 4.37. The van der Waals surface area contributed by atoms with Crippen LogP contribution in [0.2, 0.25) is 0 Å². The molecule has 64 valence electrons. The lowest BCUT2D eigenvalue weighted by atomic mass is 10.2. The van der Waals surface area contributed by atoms with E-state index in [0.29, 0.717) is 18.1 Å². The zero-order chi connectivity index (χ0) is 8.01. The van der Waals surface area contributed by atoms with Crippen molar-refractivity contribution in [2.45, 2.75) is 38.1 Å². The molecule has 2 fully saturated rings. The Bertz CT molecular complexity index is 160. The number of hydrogen-bond acceptors (Lipinski definition) is 3. The van der Waals surface area contributed by atoms with E-state index in [4.69, 9.17) is 0 Å². The van der Waals surface area contributed by atoms with E-state index in [1.807, 2.05) is 0 Å². The van der Waals surface area contributed by atoms with Gasteiger partial charge in [0.25, 0.3) is 0 Å². The number of rotatable bonds is 1. The largest absolute Gasteiger partial charge is 0.390 e. The van der Waals surface area contributed by atoms with Gasteiger partial charge in [-0.2, -0.15) is 0 Å². The van der Waals surface area contributed by atoms with E-state index in [1.165, 1.54) is 0 Å². The predicted molar refractivity (Wildman–Crippen MR) is 43.4 cm³/mol. The van der Waals surface area contributed by atoms with Crippen molar-refractivity contribution in [3.63, 3.8) is 0 Å². The summed E-state index contributed by atoms with van der Waals surface area (Å²) in [5, 5.41) is 12.9. The van der Waals surface area contributed by atoms with E-state index in [1.54, 1.807) is 0 Å². The third-order valence-corrected chi connectivity index (χ3v) is 2.89. The Balaban J connectivity index is 2.09. The van der Waals surface area contributed by atoms with Crippen molar-refractivity contribution in [2.75, 3.05) is 13.1 Å². The standard InChI is InChI=1S/C8H16N2O/c1-5(2)10-4-6-8(11)7(10)3-9-6/h5-9,11H,3-4H2,1-2H3. The summed E-state index contributed by atoms with van der Waals surface area (Å²) in [5.74, 6) is 0. The lowest BCUT2D eigenvalue weighted by Gasteiger charge is -2.30. The lowest BCUT2D eigenvalue weighted by molar-refractivity contribution is 0.119. The van der Waals surface area contributed by atoms with Gasteiger partial charge in [0.1, 0.15) is 0 Å². The fraction of sp³-hybridized carbons (Fsp3) is 1.00. The molecule has 0 radical (unpaired) electrons. The zero-order valence-electron chi connectivity index (χ0n) is 7.12. The number of fused-ring (bicyclic) bond motifs is 2. The molecule has 0 amide bonds. The topological polar surface area (TPSA) is 35.5 Å². The molecule has 2 rings (SSSR count). The van der Waals surface area contributed by atoms with Gasteiger partial charge in [0.05, 0.1) is 6.10 Å². The summed E-state index contributed by atoms with van der Waals surface area (Å²) < 4.78 is 0. The molecular formula is C8H16N2O. The van der Waals surface area contributed by atoms with Crippen molar-refractivity contribution in [1.82, 2.24) is 10.2 Å². The highest BCUT2D eigenvalue weighted by Gasteiger charge is 2.46. The van der Waals surface area contributed by atoms with E-state index >= 15 is 0 Å². The Morgan fingerprint density at radius 1 is 1.55 bits per heavy atom. The molecule has 0 spiro atoms. The molecule has 2 heterocycles. The Morgan fingerprint density at radius 2 is 2.27 bits per heavy atom. The van der Waals surface area contributed by atoms with Gasteiger partial charge in [-0.1, -0.05) is 0 Å². The first kappa shape index (κ1) is 7.53. The maximum absolute atomic E-state index is 9.64. The fourth-order valence-corrected chi connectivity index (χ4v) is 2.22. The number of likely N-dealkylation sites (tertiary alicyclic amines) is 1. The fourth-order valence-electron chi connectivity index (χ4n) is 2.22. The van der Waals surface area contributed by atoms with Crippen LogP contribution in [0.25, 0.3) is 0 Å². The summed E-state index contributed by atoms with van der Waals surface area (Å²) in [5.41, 5.74) is 0. The van der Waals surface area contributed by atoms with Gasteiger partial charge in [-0.05, 0) is 13.8 Å². The molecule has 2 saturated heterocycles. The SMILES string of the molecule is CC(C)N1CC2NCC1C2O. The summed E-state index contributed by atoms with van der Waals surface area (Å²) >= 11 is 0. The highest BCUT2D eigenvalue weighted by Crippen LogP contribution is 2.25. The number of piperazine rings is 1. The number of aliphatic hydroxyl groups is 1. The smallest absolute Gasteiger partial charge is 0.0873 e. The Labute approximate surface area is 67.4 Å². The maximum Gasteiger partial charge on any atom is 0.0873 e. The minimum atomic E-state index is -0.127. The number of aliphatic hydroxyl groups excluding tert-OH is 1. The quantitative estimate of drug-likeness (QED) is 0.533. The zero-order valence-corrected chi connectivity index (χ0v) is 7.12. The monoisotopic (exact) mass is 156 g/mol. The molecule has 0 aliphatic carbocycles. The molecule has 3 heteroatoms. The van der Waals surface area contributed by atoms with E-state index in [2.05, 4.69) is 24.1 Å². The van der Waals surface area contributed by atoms with Crippen LogP contribution in [0.5, 0.6) is 0 Å². The molecule has 2 aliphatic rings. The van der Waals surface area contributed by atoms with Crippen LogP contribution in [0.1, 0.15) is 13.8 Å². The molecule has 2 N–H and O–H groups in total. The molecule has 11 heavy (non-hydrogen) atoms. The van der Waals surface area contributed by atoms with Crippen LogP contribution in [-0.2, 0) is 0 Å². The second-order valence-electron chi connectivity index (χ2n) is 3.86. The predicted octanol–water partition coefficient (Wildman–Crippen LogP) is -0.588. The minimum absolute atomic E-state index is 0.127. The molecule has 3 nitrogen and oxygen atoms in total. The van der Waals surface area contributed by atoms with Gasteiger partial charge in [0.15, 0.2) is 0 Å². The van der Waals surface area contributed by atoms with Crippen molar-refractivity contribution in [2.24, 2.45) is 0 Å². The van der Waals surface area contributed by atoms with Crippen LogP contribution in [-0.4, -0.2) is 47.3 Å². The van der Waals surface area contributed by atoms with Gasteiger partial charge in [0.2, 0.25) is 0 Å². The van der Waals surface area contributed by atoms with E-state index < -0.39 is 0 Å². The molecule has 2 aliphatic heterocycles. The average Bonchev–Trinajstić information content (AvgIpc) is 2.46. The number of nitrogens with zero attached hydrogens (tertiary/aromatic N) is 1. The Hall–Kier alpha value is -0.120. The van der Waals surface area contributed by atoms with Crippen molar-refractivity contribution in [3.05, 3.63) is 0 Å². The van der Waals surface area contributed by atoms with Gasteiger partial charge in [-0.25, -0.2) is 0 Å². The van der Waals surface area contributed by atoms with Crippen LogP contribution < -0.4 is 5.32 Å². The third kappa shape index (κ3) is 0.991. The van der Waals surface area contributed by atoms with Crippen LogP contribution in [0, 0.1) is 0 Å². The molecule has 3 unspecified atom stereocenters. The normalized spacial score (nSPS) is 44.2. The summed E-state index contributed by atoms with van der Waals surface area (Å²) in [4.78, 5) is 2.38. The van der Waals surface area contributed by atoms with Gasteiger partial charge < -0.3 is 10.4 Å². The molecule has 2 bridgehead atoms. The molecule has 0 saturated carbocycles. The Morgan fingerprint density at radius 3 is 2.55 bits per heavy atom. The number of nitrogens with one attached hydrogen (secondary N) is 1. The van der Waals surface area contributed by atoms with Crippen LogP contribution in [0.4, 0.5) is 0 Å². The van der Waals surface area contributed by atoms with Crippen LogP contribution >= 0.6 is 0 Å². The van der Waals surface area contributed by atoms with Gasteiger partial charge in [0, 0.05) is 31.2 Å². The first-order valence-electron chi connectivity index (χ1n) is 4.37. The Kier molecular flexibility index (Phi) is 1.67. The van der Waals surface area contributed by atoms with Gasteiger partial charge in [-0.15, -0.1) is 0 Å². The number of hydrogen-bond donors (Lipinski definition) is 2. The molecule has 0 aromatic rings. The highest BCUT2D eigenvalue weighted by molar-refractivity contribution is 5.05. The van der Waals surface area contributed by atoms with Crippen molar-refractivity contribution >= 4 is 0 Å². The second-order valence-corrected chi connectivity index (χ2v) is 3.86. The second kappa shape index (κ2) is 2.44. The first-order chi connectivity index (χ1) is 5.20. The average molecular weight is 156 g/mol. The molecule has 0 aromatic heterocycles. The van der Waals surface area contributed by atoms with E-state index in [0.717, 1.165) is 13.1 Å². The van der Waals surface area contributed by atoms with Crippen molar-refractivity contribution in [1.29, 1.82) is 0 Å². The molecular weight excluding hydrogens is 140 g/mol. The van der Waals surface area contributed by atoms with Crippen LogP contribution in [0.15, 0.2) is 0 Å². The van der Waals surface area contributed by atoms with Crippen LogP contribution in [0.3, 0.4) is 0 Å². The van der Waals surface area contributed by atoms with Gasteiger partial charge in [-0.3, -0.25) is 4.90 Å². The summed E-state index contributed by atoms with van der Waals surface area (Å²) in [7, 11) is 0. The lowest BCUT2D eigenvalue weighted by Crippen LogP contribution is -2.46. The van der Waals surface area contributed by atoms with Crippen molar-refractivity contribution < 1.29 is 5.11 Å². The minimum Gasteiger partial charge on any atom is -0.390 e. The highest BCUT2D eigenvalue weighted by atomic mass is 16.3. The van der Waals surface area contributed by atoms with E-state index in [9.17, 15) is 5.11 Å². The molecule has 0 aromatic carbocycles. The van der Waals surface area contributed by atoms with E-state index in [-0.39, 0.29) is 6.10 Å². The van der Waals surface area contributed by atoms with Gasteiger partial charge >= 0.3 is 0 Å². The maximum atomic E-state index is 9.64.